The van der Waals surface area contributed by atoms with Crippen LogP contribution < -0.4 is 5.32 Å². The first-order chi connectivity index (χ1) is 15.2. The summed E-state index contributed by atoms with van der Waals surface area (Å²) in [5, 5.41) is 2.57. The van der Waals surface area contributed by atoms with E-state index in [-0.39, 0.29) is 18.1 Å². The number of ether oxygens (including phenoxy) is 1. The van der Waals surface area contributed by atoms with Crippen LogP contribution in [-0.4, -0.2) is 59.7 Å². The van der Waals surface area contributed by atoms with Crippen LogP contribution in [0.4, 0.5) is 23.7 Å². The van der Waals surface area contributed by atoms with Crippen molar-refractivity contribution in [2.75, 3.05) is 38.7 Å². The summed E-state index contributed by atoms with van der Waals surface area (Å²) >= 11 is 0. The number of benzene rings is 1. The molecule has 1 N–H and O–H groups in total. The van der Waals surface area contributed by atoms with E-state index in [1.165, 1.54) is 17.0 Å². The van der Waals surface area contributed by atoms with Crippen molar-refractivity contribution < 1.29 is 27.5 Å². The number of alkyl halides is 3. The van der Waals surface area contributed by atoms with Crippen LogP contribution in [0.15, 0.2) is 42.6 Å². The molecule has 0 saturated carbocycles. The molecule has 0 saturated heterocycles. The second-order valence-corrected chi connectivity index (χ2v) is 7.35. The second-order valence-electron chi connectivity index (χ2n) is 7.35. The molecule has 0 spiro atoms. The van der Waals surface area contributed by atoms with Crippen molar-refractivity contribution >= 4 is 17.6 Å². The number of methoxy groups -OCH3 is 1. The molecule has 7 nitrogen and oxygen atoms in total. The first kappa shape index (κ1) is 25.3. The number of rotatable bonds is 10. The molecule has 1 heterocycles. The Morgan fingerprint density at radius 1 is 1.09 bits per heavy atom. The molecule has 1 aromatic heterocycles. The molecule has 0 aliphatic rings. The van der Waals surface area contributed by atoms with E-state index in [1.807, 2.05) is 36.9 Å². The monoisotopic (exact) mass is 454 g/mol. The molecular weight excluding hydrogens is 425 g/mol. The van der Waals surface area contributed by atoms with Gasteiger partial charge in [-0.3, -0.25) is 4.79 Å². The lowest BCUT2D eigenvalue weighted by atomic mass is 10.2. The molecule has 0 atom stereocenters. The maximum absolute atomic E-state index is 13.0. The highest BCUT2D eigenvalue weighted by Gasteiger charge is 2.30. The average Bonchev–Trinajstić information content (AvgIpc) is 3.14. The Balaban J connectivity index is 2.07. The van der Waals surface area contributed by atoms with Crippen LogP contribution >= 0.6 is 0 Å². The molecule has 10 heteroatoms. The minimum absolute atomic E-state index is 0.158. The maximum Gasteiger partial charge on any atom is 0.416 e. The van der Waals surface area contributed by atoms with E-state index in [0.717, 1.165) is 17.8 Å². The molecule has 0 aliphatic heterocycles. The van der Waals surface area contributed by atoms with E-state index in [0.29, 0.717) is 32.7 Å². The van der Waals surface area contributed by atoms with Gasteiger partial charge in [-0.15, -0.1) is 0 Å². The summed E-state index contributed by atoms with van der Waals surface area (Å²) in [7, 11) is 3.43. The summed E-state index contributed by atoms with van der Waals surface area (Å²) in [6, 6.07) is 7.42. The van der Waals surface area contributed by atoms with Crippen molar-refractivity contribution in [2.24, 2.45) is 7.05 Å². The lowest BCUT2D eigenvalue weighted by Crippen LogP contribution is -2.45. The van der Waals surface area contributed by atoms with Gasteiger partial charge in [0.25, 0.3) is 0 Å². The number of aromatic nitrogens is 1. The Morgan fingerprint density at radius 3 is 2.31 bits per heavy atom. The number of nitrogens with one attached hydrogen (secondary N) is 1. The van der Waals surface area contributed by atoms with Crippen LogP contribution in [0.3, 0.4) is 0 Å². The number of hydrogen-bond acceptors (Lipinski definition) is 3. The minimum Gasteiger partial charge on any atom is -0.383 e. The lowest BCUT2D eigenvalue weighted by Gasteiger charge is -2.27. The van der Waals surface area contributed by atoms with E-state index in [2.05, 4.69) is 5.32 Å². The Kier molecular flexibility index (Phi) is 9.13. The SMILES string of the molecule is CCCN(CC(=O)N(CCOC)Cc1cccn1C)C(=O)Nc1ccc(C(F)(F)F)cc1. The van der Waals surface area contributed by atoms with Crippen molar-refractivity contribution in [1.82, 2.24) is 14.4 Å². The van der Waals surface area contributed by atoms with Gasteiger partial charge in [-0.25, -0.2) is 4.79 Å². The molecule has 2 rings (SSSR count). The summed E-state index contributed by atoms with van der Waals surface area (Å²) in [4.78, 5) is 28.7. The molecule has 176 valence electrons. The number of urea groups is 1. The molecule has 32 heavy (non-hydrogen) atoms. The zero-order valence-corrected chi connectivity index (χ0v) is 18.5. The molecule has 0 bridgehead atoms. The molecule has 0 aliphatic carbocycles. The van der Waals surface area contributed by atoms with E-state index in [1.54, 1.807) is 12.0 Å². The molecule has 0 fully saturated rings. The number of anilines is 1. The number of amides is 3. The fraction of sp³-hybridized carbons (Fsp3) is 0.455. The van der Waals surface area contributed by atoms with Gasteiger partial charge >= 0.3 is 12.2 Å². The van der Waals surface area contributed by atoms with Gasteiger partial charge in [0.05, 0.1) is 18.7 Å². The zero-order chi connectivity index (χ0) is 23.7. The predicted octanol–water partition coefficient (Wildman–Crippen LogP) is 3.96. The third kappa shape index (κ3) is 7.30. The van der Waals surface area contributed by atoms with Gasteiger partial charge < -0.3 is 24.4 Å². The van der Waals surface area contributed by atoms with Gasteiger partial charge in [0.2, 0.25) is 5.91 Å². The number of hydrogen-bond donors (Lipinski definition) is 1. The largest absolute Gasteiger partial charge is 0.416 e. The van der Waals surface area contributed by atoms with Gasteiger partial charge in [0.1, 0.15) is 6.54 Å². The van der Waals surface area contributed by atoms with Gasteiger partial charge in [-0.05, 0) is 42.8 Å². The van der Waals surface area contributed by atoms with Crippen molar-refractivity contribution in [3.8, 4) is 0 Å². The average molecular weight is 454 g/mol. The molecular formula is C22H29F3N4O3. The van der Waals surface area contributed by atoms with Crippen LogP contribution in [0.2, 0.25) is 0 Å². The molecule has 1 aromatic carbocycles. The highest BCUT2D eigenvalue weighted by Crippen LogP contribution is 2.29. The maximum atomic E-state index is 13.0. The molecule has 2 aromatic rings. The quantitative estimate of drug-likeness (QED) is 0.591. The summed E-state index contributed by atoms with van der Waals surface area (Å²) in [6.07, 6.45) is -1.95. The van der Waals surface area contributed by atoms with E-state index < -0.39 is 17.8 Å². The predicted molar refractivity (Wildman–Crippen MR) is 115 cm³/mol. The Hall–Kier alpha value is -3.01. The molecule has 0 unspecified atom stereocenters. The first-order valence-corrected chi connectivity index (χ1v) is 10.3. The fourth-order valence-electron chi connectivity index (χ4n) is 3.08. The number of carbonyl (C=O) groups is 2. The normalized spacial score (nSPS) is 11.3. The highest BCUT2D eigenvalue weighted by molar-refractivity contribution is 5.92. The number of nitrogens with zero attached hydrogens (tertiary/aromatic N) is 3. The van der Waals surface area contributed by atoms with E-state index in [4.69, 9.17) is 4.74 Å². The van der Waals surface area contributed by atoms with Gasteiger partial charge in [0.15, 0.2) is 0 Å². The molecule has 0 radical (unpaired) electrons. The number of halogens is 3. The Morgan fingerprint density at radius 2 is 1.78 bits per heavy atom. The third-order valence-electron chi connectivity index (χ3n) is 4.89. The Labute approximate surface area is 185 Å². The van der Waals surface area contributed by atoms with Crippen LogP contribution in [0, 0.1) is 0 Å². The fourth-order valence-corrected chi connectivity index (χ4v) is 3.08. The summed E-state index contributed by atoms with van der Waals surface area (Å²) in [5.41, 5.74) is 0.354. The highest BCUT2D eigenvalue weighted by atomic mass is 19.4. The standard InChI is InChI=1S/C22H29F3N4O3/c1-4-11-29(21(31)26-18-9-7-17(8-10-18)22(23,24)25)16-20(30)28(13-14-32-3)15-19-6-5-12-27(19)2/h5-10,12H,4,11,13-16H2,1-3H3,(H,26,31). The van der Waals surface area contributed by atoms with Crippen molar-refractivity contribution in [2.45, 2.75) is 26.1 Å². The second kappa shape index (κ2) is 11.6. The minimum atomic E-state index is -4.45. The molecule has 3 amide bonds. The first-order valence-electron chi connectivity index (χ1n) is 10.3. The topological polar surface area (TPSA) is 66.8 Å². The third-order valence-corrected chi connectivity index (χ3v) is 4.89. The van der Waals surface area contributed by atoms with Gasteiger partial charge in [0, 0.05) is 44.8 Å². The van der Waals surface area contributed by atoms with E-state index in [9.17, 15) is 22.8 Å². The number of aryl methyl sites for hydroxylation is 1. The summed E-state index contributed by atoms with van der Waals surface area (Å²) in [6.45, 7) is 3.11. The van der Waals surface area contributed by atoms with Crippen molar-refractivity contribution in [1.29, 1.82) is 0 Å². The summed E-state index contributed by atoms with van der Waals surface area (Å²) in [5.74, 6) is -0.251. The van der Waals surface area contributed by atoms with Gasteiger partial charge in [-0.2, -0.15) is 13.2 Å². The van der Waals surface area contributed by atoms with E-state index >= 15 is 0 Å². The van der Waals surface area contributed by atoms with Crippen molar-refractivity contribution in [3.63, 3.8) is 0 Å². The van der Waals surface area contributed by atoms with Crippen LogP contribution in [0.1, 0.15) is 24.6 Å². The Bertz CT molecular complexity index is 881. The van der Waals surface area contributed by atoms with Gasteiger partial charge in [-0.1, -0.05) is 6.92 Å². The smallest absolute Gasteiger partial charge is 0.383 e. The van der Waals surface area contributed by atoms with Crippen LogP contribution in [0.25, 0.3) is 0 Å². The number of carbonyl (C=O) groups excluding carboxylic acids is 2. The van der Waals surface area contributed by atoms with Crippen LogP contribution in [0.5, 0.6) is 0 Å². The van der Waals surface area contributed by atoms with Crippen LogP contribution in [-0.2, 0) is 29.3 Å². The lowest BCUT2D eigenvalue weighted by molar-refractivity contribution is -0.137. The zero-order valence-electron chi connectivity index (χ0n) is 18.5. The summed E-state index contributed by atoms with van der Waals surface area (Å²) < 4.78 is 45.2. The van der Waals surface area contributed by atoms with Crippen molar-refractivity contribution in [3.05, 3.63) is 53.9 Å².